The largest absolute Gasteiger partial charge is 0.481 e. The Bertz CT molecular complexity index is 338. The summed E-state index contributed by atoms with van der Waals surface area (Å²) in [5, 5.41) is 16.5. The number of aromatic nitrogens is 3. The zero-order chi connectivity index (χ0) is 12.0. The summed E-state index contributed by atoms with van der Waals surface area (Å²) in [5.41, 5.74) is 0. The summed E-state index contributed by atoms with van der Waals surface area (Å²) in [6.45, 7) is 3.18. The van der Waals surface area contributed by atoms with Crippen LogP contribution in [0.4, 0.5) is 0 Å². The van der Waals surface area contributed by atoms with E-state index in [0.29, 0.717) is 19.6 Å². The summed E-state index contributed by atoms with van der Waals surface area (Å²) in [7, 11) is 1.64. The van der Waals surface area contributed by atoms with E-state index >= 15 is 0 Å². The van der Waals surface area contributed by atoms with Gasteiger partial charge in [-0.1, -0.05) is 6.92 Å². The van der Waals surface area contributed by atoms with E-state index in [0.717, 1.165) is 5.82 Å². The third-order valence-corrected chi connectivity index (χ3v) is 2.29. The highest BCUT2D eigenvalue weighted by atomic mass is 16.5. The Morgan fingerprint density at radius 3 is 3.06 bits per heavy atom. The highest BCUT2D eigenvalue weighted by Gasteiger charge is 2.12. The van der Waals surface area contributed by atoms with Crippen molar-refractivity contribution in [3.8, 4) is 0 Å². The second kappa shape index (κ2) is 6.22. The van der Waals surface area contributed by atoms with Crippen LogP contribution in [0.3, 0.4) is 0 Å². The molecular formula is C10H17N3O3. The van der Waals surface area contributed by atoms with E-state index < -0.39 is 5.97 Å². The van der Waals surface area contributed by atoms with Gasteiger partial charge >= 0.3 is 5.97 Å². The molecule has 6 nitrogen and oxygen atoms in total. The van der Waals surface area contributed by atoms with Crippen LogP contribution in [-0.4, -0.2) is 39.6 Å². The predicted octanol–water partition coefficient (Wildman–Crippen LogP) is 0.578. The second-order valence-electron chi connectivity index (χ2n) is 3.84. The van der Waals surface area contributed by atoms with E-state index in [2.05, 4.69) is 10.2 Å². The molecule has 16 heavy (non-hydrogen) atoms. The van der Waals surface area contributed by atoms with Gasteiger partial charge in [0.2, 0.25) is 0 Å². The summed E-state index contributed by atoms with van der Waals surface area (Å²) in [6, 6.07) is 0. The molecule has 0 radical (unpaired) electrons. The number of carbonyl (C=O) groups is 1. The Labute approximate surface area is 94.2 Å². The van der Waals surface area contributed by atoms with Crippen molar-refractivity contribution in [1.82, 2.24) is 14.8 Å². The lowest BCUT2D eigenvalue weighted by Gasteiger charge is -2.09. The zero-order valence-corrected chi connectivity index (χ0v) is 9.59. The van der Waals surface area contributed by atoms with Crippen LogP contribution in [-0.2, 0) is 22.5 Å². The molecule has 0 aliphatic rings. The van der Waals surface area contributed by atoms with Gasteiger partial charge in [-0.3, -0.25) is 4.79 Å². The first-order valence-corrected chi connectivity index (χ1v) is 5.21. The zero-order valence-electron chi connectivity index (χ0n) is 9.59. The van der Waals surface area contributed by atoms with Crippen molar-refractivity contribution in [3.05, 3.63) is 12.2 Å². The standard InChI is InChI=1S/C10H17N3O3/c1-8(6-10(14)15)5-9-12-11-7-13(9)3-4-16-2/h7-8H,3-6H2,1-2H3,(H,14,15). The van der Waals surface area contributed by atoms with E-state index in [1.54, 1.807) is 13.4 Å². The molecule has 6 heteroatoms. The van der Waals surface area contributed by atoms with Gasteiger partial charge < -0.3 is 14.4 Å². The molecule has 0 bridgehead atoms. The molecule has 1 aromatic rings. The SMILES string of the molecule is COCCn1cnnc1CC(C)CC(=O)O. The normalized spacial score (nSPS) is 12.6. The fraction of sp³-hybridized carbons (Fsp3) is 0.700. The highest BCUT2D eigenvalue weighted by molar-refractivity contribution is 5.66. The Morgan fingerprint density at radius 2 is 2.44 bits per heavy atom. The first-order valence-electron chi connectivity index (χ1n) is 5.21. The Morgan fingerprint density at radius 1 is 1.69 bits per heavy atom. The lowest BCUT2D eigenvalue weighted by Crippen LogP contribution is -2.13. The van der Waals surface area contributed by atoms with Gasteiger partial charge in [-0.15, -0.1) is 10.2 Å². The third-order valence-electron chi connectivity index (χ3n) is 2.29. The summed E-state index contributed by atoms with van der Waals surface area (Å²) in [4.78, 5) is 10.5. The highest BCUT2D eigenvalue weighted by Crippen LogP contribution is 2.09. The minimum absolute atomic E-state index is 0.0583. The van der Waals surface area contributed by atoms with Crippen molar-refractivity contribution < 1.29 is 14.6 Å². The number of methoxy groups -OCH3 is 1. The predicted molar refractivity (Wildman–Crippen MR) is 57.0 cm³/mol. The van der Waals surface area contributed by atoms with Crippen molar-refractivity contribution in [2.24, 2.45) is 5.92 Å². The lowest BCUT2D eigenvalue weighted by molar-refractivity contribution is -0.137. The van der Waals surface area contributed by atoms with Gasteiger partial charge in [0.1, 0.15) is 12.2 Å². The van der Waals surface area contributed by atoms with Gasteiger partial charge in [0.05, 0.1) is 6.61 Å². The molecule has 1 heterocycles. The van der Waals surface area contributed by atoms with Crippen molar-refractivity contribution in [2.45, 2.75) is 26.3 Å². The van der Waals surface area contributed by atoms with Crippen LogP contribution in [0.5, 0.6) is 0 Å². The molecule has 0 aromatic carbocycles. The van der Waals surface area contributed by atoms with Crippen LogP contribution < -0.4 is 0 Å². The average Bonchev–Trinajstić information content (AvgIpc) is 2.61. The molecule has 0 amide bonds. The monoisotopic (exact) mass is 227 g/mol. The quantitative estimate of drug-likeness (QED) is 0.737. The number of carboxylic acids is 1. The van der Waals surface area contributed by atoms with E-state index in [-0.39, 0.29) is 12.3 Å². The van der Waals surface area contributed by atoms with Gasteiger partial charge in [-0.05, 0) is 5.92 Å². The lowest BCUT2D eigenvalue weighted by atomic mass is 10.0. The van der Waals surface area contributed by atoms with Crippen LogP contribution in [0, 0.1) is 5.92 Å². The maximum absolute atomic E-state index is 10.5. The van der Waals surface area contributed by atoms with E-state index in [1.807, 2.05) is 11.5 Å². The molecule has 0 saturated carbocycles. The van der Waals surface area contributed by atoms with Gasteiger partial charge in [0.25, 0.3) is 0 Å². The molecule has 1 rings (SSSR count). The molecule has 0 aliphatic carbocycles. The fourth-order valence-corrected chi connectivity index (χ4v) is 1.50. The number of hydrogen-bond donors (Lipinski definition) is 1. The summed E-state index contributed by atoms with van der Waals surface area (Å²) in [5.74, 6) is 0.0873. The van der Waals surface area contributed by atoms with Crippen molar-refractivity contribution in [1.29, 1.82) is 0 Å². The minimum atomic E-state index is -0.782. The number of aliphatic carboxylic acids is 1. The number of ether oxygens (including phenoxy) is 1. The maximum atomic E-state index is 10.5. The smallest absolute Gasteiger partial charge is 0.303 e. The van der Waals surface area contributed by atoms with Crippen LogP contribution in [0.2, 0.25) is 0 Å². The molecule has 1 N–H and O–H groups in total. The van der Waals surface area contributed by atoms with Crippen molar-refractivity contribution in [3.63, 3.8) is 0 Å². The maximum Gasteiger partial charge on any atom is 0.303 e. The van der Waals surface area contributed by atoms with Gasteiger partial charge in [0, 0.05) is 26.5 Å². The van der Waals surface area contributed by atoms with Crippen LogP contribution in [0.25, 0.3) is 0 Å². The van der Waals surface area contributed by atoms with E-state index in [1.165, 1.54) is 0 Å². The van der Waals surface area contributed by atoms with Gasteiger partial charge in [-0.2, -0.15) is 0 Å². The molecule has 1 unspecified atom stereocenters. The third kappa shape index (κ3) is 3.98. The first kappa shape index (κ1) is 12.6. The second-order valence-corrected chi connectivity index (χ2v) is 3.84. The number of nitrogens with zero attached hydrogens (tertiary/aromatic N) is 3. The summed E-state index contributed by atoms with van der Waals surface area (Å²) < 4.78 is 6.86. The molecule has 0 saturated heterocycles. The first-order chi connectivity index (χ1) is 7.63. The number of carboxylic acid groups (broad SMARTS) is 1. The van der Waals surface area contributed by atoms with Gasteiger partial charge in [0.15, 0.2) is 0 Å². The summed E-state index contributed by atoms with van der Waals surface area (Å²) in [6.07, 6.45) is 2.41. The Balaban J connectivity index is 2.52. The molecule has 90 valence electrons. The average molecular weight is 227 g/mol. The van der Waals surface area contributed by atoms with Gasteiger partial charge in [-0.25, -0.2) is 0 Å². The molecule has 0 aliphatic heterocycles. The Kier molecular flexibility index (Phi) is 4.91. The van der Waals surface area contributed by atoms with E-state index in [9.17, 15) is 4.79 Å². The molecule has 1 aromatic heterocycles. The van der Waals surface area contributed by atoms with Crippen LogP contribution in [0.15, 0.2) is 6.33 Å². The van der Waals surface area contributed by atoms with Crippen molar-refractivity contribution >= 4 is 5.97 Å². The van der Waals surface area contributed by atoms with Crippen molar-refractivity contribution in [2.75, 3.05) is 13.7 Å². The Hall–Kier alpha value is -1.43. The number of hydrogen-bond acceptors (Lipinski definition) is 4. The fourth-order valence-electron chi connectivity index (χ4n) is 1.50. The molecular weight excluding hydrogens is 210 g/mol. The molecule has 0 fully saturated rings. The minimum Gasteiger partial charge on any atom is -0.481 e. The van der Waals surface area contributed by atoms with E-state index in [4.69, 9.17) is 9.84 Å². The summed E-state index contributed by atoms with van der Waals surface area (Å²) >= 11 is 0. The topological polar surface area (TPSA) is 77.2 Å². The van der Waals surface area contributed by atoms with Crippen LogP contribution in [0.1, 0.15) is 19.2 Å². The molecule has 1 atom stereocenters. The number of rotatable bonds is 7. The molecule has 0 spiro atoms. The van der Waals surface area contributed by atoms with Crippen LogP contribution >= 0.6 is 0 Å².